The summed E-state index contributed by atoms with van der Waals surface area (Å²) in [6.07, 6.45) is 0.908. The Kier molecular flexibility index (Phi) is 2.55. The van der Waals surface area contributed by atoms with Crippen LogP contribution in [0.4, 0.5) is 0 Å². The average Bonchev–Trinajstić information content (AvgIpc) is 2.79. The minimum absolute atomic E-state index is 0.00699. The number of nitrogens with one attached hydrogen (secondary N) is 1. The predicted molar refractivity (Wildman–Crippen MR) is 42.1 cm³/mol. The second-order valence-corrected chi connectivity index (χ2v) is 3.01. The molecule has 1 aliphatic rings. The number of carbonyl (C=O) groups is 1. The van der Waals surface area contributed by atoms with E-state index in [2.05, 4.69) is 9.57 Å². The molecule has 0 aliphatic heterocycles. The van der Waals surface area contributed by atoms with Crippen molar-refractivity contribution in [2.45, 2.75) is 18.4 Å². The van der Waals surface area contributed by atoms with Crippen LogP contribution in [0.25, 0.3) is 0 Å². The van der Waals surface area contributed by atoms with Crippen LogP contribution in [0.5, 0.6) is 0 Å². The Labute approximate surface area is 75.6 Å². The lowest BCUT2D eigenvalue weighted by molar-refractivity contribution is -0.144. The Morgan fingerprint density at radius 3 is 3.08 bits per heavy atom. The van der Waals surface area contributed by atoms with E-state index in [-0.39, 0.29) is 5.92 Å². The molecule has 0 heterocycles. The highest BCUT2D eigenvalue weighted by Crippen LogP contribution is 2.46. The van der Waals surface area contributed by atoms with Crippen LogP contribution in [-0.4, -0.2) is 18.6 Å². The van der Waals surface area contributed by atoms with Gasteiger partial charge in [0.2, 0.25) is 0 Å². The first-order chi connectivity index (χ1) is 5.71. The SMILES string of the molecule is COC(=O)C1(NCl)C[C@H]1CC#N. The molecule has 1 N–H and O–H groups in total. The van der Waals surface area contributed by atoms with Crippen LogP contribution in [0, 0.1) is 17.2 Å². The zero-order valence-corrected chi connectivity index (χ0v) is 7.39. The maximum absolute atomic E-state index is 11.1. The van der Waals surface area contributed by atoms with Gasteiger partial charge in [-0.25, -0.2) is 4.84 Å². The number of nitrogens with zero attached hydrogens (tertiary/aromatic N) is 1. The van der Waals surface area contributed by atoms with Gasteiger partial charge in [-0.05, 0) is 18.2 Å². The van der Waals surface area contributed by atoms with Gasteiger partial charge in [0, 0.05) is 12.3 Å². The minimum atomic E-state index is -0.800. The molecule has 0 spiro atoms. The van der Waals surface area contributed by atoms with Gasteiger partial charge in [-0.2, -0.15) is 5.26 Å². The smallest absolute Gasteiger partial charge is 0.327 e. The number of methoxy groups -OCH3 is 1. The molecule has 0 aromatic rings. The van der Waals surface area contributed by atoms with Gasteiger partial charge < -0.3 is 4.74 Å². The van der Waals surface area contributed by atoms with Crippen LogP contribution in [0.3, 0.4) is 0 Å². The first-order valence-electron chi connectivity index (χ1n) is 3.54. The molecule has 1 fully saturated rings. The highest BCUT2D eigenvalue weighted by Gasteiger charge is 2.60. The molecular weight excluding hydrogens is 180 g/mol. The summed E-state index contributed by atoms with van der Waals surface area (Å²) in [5.41, 5.74) is -0.800. The molecule has 2 atom stereocenters. The quantitative estimate of drug-likeness (QED) is 0.520. The Morgan fingerprint density at radius 1 is 2.00 bits per heavy atom. The van der Waals surface area contributed by atoms with Crippen LogP contribution in [-0.2, 0) is 9.53 Å². The highest BCUT2D eigenvalue weighted by atomic mass is 35.5. The minimum Gasteiger partial charge on any atom is -0.468 e. The van der Waals surface area contributed by atoms with Crippen molar-refractivity contribution in [3.05, 3.63) is 0 Å². The lowest BCUT2D eigenvalue weighted by atomic mass is 10.2. The van der Waals surface area contributed by atoms with Crippen molar-refractivity contribution in [1.29, 1.82) is 5.26 Å². The zero-order valence-electron chi connectivity index (χ0n) is 6.63. The molecular formula is C7H9ClN2O2. The molecule has 1 aliphatic carbocycles. The van der Waals surface area contributed by atoms with Crippen LogP contribution in [0.2, 0.25) is 0 Å². The molecule has 1 rings (SSSR count). The van der Waals surface area contributed by atoms with E-state index < -0.39 is 11.5 Å². The maximum atomic E-state index is 11.1. The molecule has 1 saturated carbocycles. The summed E-state index contributed by atoms with van der Waals surface area (Å²) in [6.45, 7) is 0. The van der Waals surface area contributed by atoms with Crippen LogP contribution >= 0.6 is 11.8 Å². The fourth-order valence-electron chi connectivity index (χ4n) is 1.27. The molecule has 0 radical (unpaired) electrons. The van der Waals surface area contributed by atoms with Crippen LogP contribution in [0.1, 0.15) is 12.8 Å². The third kappa shape index (κ3) is 1.26. The van der Waals surface area contributed by atoms with Gasteiger partial charge in [0.15, 0.2) is 0 Å². The van der Waals surface area contributed by atoms with Crippen molar-refractivity contribution >= 4 is 17.7 Å². The fourth-order valence-corrected chi connectivity index (χ4v) is 1.58. The first-order valence-corrected chi connectivity index (χ1v) is 3.92. The Hall–Kier alpha value is -0.790. The average molecular weight is 189 g/mol. The van der Waals surface area contributed by atoms with E-state index >= 15 is 0 Å². The zero-order chi connectivity index (χ0) is 9.19. The van der Waals surface area contributed by atoms with Crippen molar-refractivity contribution in [2.24, 2.45) is 5.92 Å². The number of rotatable bonds is 3. The molecule has 0 bridgehead atoms. The standard InChI is InChI=1S/C7H9ClN2O2/c1-12-6(11)7(10-8)4-5(7)2-3-9/h5,10H,2,4H2,1H3/t5-,7?/m1/s1. The largest absolute Gasteiger partial charge is 0.468 e. The summed E-state index contributed by atoms with van der Waals surface area (Å²) >= 11 is 5.40. The normalized spacial score (nSPS) is 32.2. The molecule has 1 unspecified atom stereocenters. The monoisotopic (exact) mass is 188 g/mol. The second kappa shape index (κ2) is 3.30. The molecule has 0 amide bonds. The fraction of sp³-hybridized carbons (Fsp3) is 0.714. The van der Waals surface area contributed by atoms with Crippen molar-refractivity contribution in [1.82, 2.24) is 4.84 Å². The summed E-state index contributed by atoms with van der Waals surface area (Å²) in [4.78, 5) is 13.5. The van der Waals surface area contributed by atoms with Crippen molar-refractivity contribution in [3.8, 4) is 6.07 Å². The van der Waals surface area contributed by atoms with Gasteiger partial charge in [0.1, 0.15) is 5.54 Å². The number of hydrogen-bond acceptors (Lipinski definition) is 4. The van der Waals surface area contributed by atoms with Crippen molar-refractivity contribution in [2.75, 3.05) is 7.11 Å². The third-order valence-corrected chi connectivity index (χ3v) is 2.50. The summed E-state index contributed by atoms with van der Waals surface area (Å²) in [7, 11) is 1.31. The Bertz CT molecular complexity index is 238. The van der Waals surface area contributed by atoms with E-state index in [0.29, 0.717) is 12.8 Å². The molecule has 0 aromatic carbocycles. The molecule has 0 aromatic heterocycles. The van der Waals surface area contributed by atoms with Gasteiger partial charge >= 0.3 is 5.97 Å². The van der Waals surface area contributed by atoms with E-state index in [1.165, 1.54) is 7.11 Å². The Balaban J connectivity index is 2.59. The maximum Gasteiger partial charge on any atom is 0.327 e. The van der Waals surface area contributed by atoms with E-state index in [1.54, 1.807) is 0 Å². The molecule has 0 saturated heterocycles. The van der Waals surface area contributed by atoms with Gasteiger partial charge in [-0.1, -0.05) is 0 Å². The topological polar surface area (TPSA) is 62.1 Å². The van der Waals surface area contributed by atoms with Crippen molar-refractivity contribution < 1.29 is 9.53 Å². The van der Waals surface area contributed by atoms with Crippen LogP contribution in [0.15, 0.2) is 0 Å². The van der Waals surface area contributed by atoms with E-state index in [0.717, 1.165) is 0 Å². The van der Waals surface area contributed by atoms with E-state index in [1.807, 2.05) is 6.07 Å². The molecule has 4 nitrogen and oxygen atoms in total. The number of ether oxygens (including phenoxy) is 1. The first kappa shape index (κ1) is 9.30. The second-order valence-electron chi connectivity index (χ2n) is 2.82. The van der Waals surface area contributed by atoms with E-state index in [4.69, 9.17) is 17.0 Å². The summed E-state index contributed by atoms with van der Waals surface area (Å²) in [5.74, 6) is -0.398. The number of carbonyl (C=O) groups excluding carboxylic acids is 1. The molecule has 66 valence electrons. The summed E-state index contributed by atoms with van der Waals surface area (Å²) in [6, 6.07) is 1.99. The number of nitriles is 1. The third-order valence-electron chi connectivity index (χ3n) is 2.16. The lowest BCUT2D eigenvalue weighted by Crippen LogP contribution is -2.36. The highest BCUT2D eigenvalue weighted by molar-refractivity contribution is 6.16. The van der Waals surface area contributed by atoms with E-state index in [9.17, 15) is 4.79 Å². The summed E-state index contributed by atoms with van der Waals surface area (Å²) in [5, 5.41) is 8.39. The molecule has 12 heavy (non-hydrogen) atoms. The number of halogens is 1. The van der Waals surface area contributed by atoms with Gasteiger partial charge in [-0.3, -0.25) is 4.79 Å². The predicted octanol–water partition coefficient (Wildman–Crippen LogP) is 0.575. The van der Waals surface area contributed by atoms with Gasteiger partial charge in [0.05, 0.1) is 13.2 Å². The van der Waals surface area contributed by atoms with Crippen molar-refractivity contribution in [3.63, 3.8) is 0 Å². The Morgan fingerprint density at radius 2 is 2.67 bits per heavy atom. The molecule has 5 heteroatoms. The van der Waals surface area contributed by atoms with Gasteiger partial charge in [-0.15, -0.1) is 0 Å². The summed E-state index contributed by atoms with van der Waals surface area (Å²) < 4.78 is 4.55. The number of esters is 1. The van der Waals surface area contributed by atoms with Crippen LogP contribution < -0.4 is 4.84 Å². The number of hydrogen-bond donors (Lipinski definition) is 1. The van der Waals surface area contributed by atoms with Gasteiger partial charge in [0.25, 0.3) is 0 Å². The lowest BCUT2D eigenvalue weighted by Gasteiger charge is -2.10.